The van der Waals surface area contributed by atoms with Crippen molar-refractivity contribution in [2.24, 2.45) is 5.34 Å². The molecule has 4 heteroatoms. The largest absolute Gasteiger partial charge is 0.364 e. The number of nitrogens with zero attached hydrogens (tertiary/aromatic N) is 1. The summed E-state index contributed by atoms with van der Waals surface area (Å²) in [6.07, 6.45) is 0.729. The van der Waals surface area contributed by atoms with Gasteiger partial charge in [0.2, 0.25) is 0 Å². The first-order chi connectivity index (χ1) is 5.43. The Morgan fingerprint density at radius 1 is 1.25 bits per heavy atom. The molecule has 0 atom stereocenters. The first-order valence-corrected chi connectivity index (χ1v) is 3.42. The lowest BCUT2D eigenvalue weighted by Crippen LogP contribution is -1.92. The van der Waals surface area contributed by atoms with E-state index in [-0.39, 0.29) is 12.4 Å². The highest BCUT2D eigenvalue weighted by molar-refractivity contribution is 5.85. The molecule has 0 N–H and O–H groups in total. The number of hydrogen-bond donors (Lipinski definition) is 0. The summed E-state index contributed by atoms with van der Waals surface area (Å²) in [5.74, 6) is 0. The summed E-state index contributed by atoms with van der Waals surface area (Å²) in [7, 11) is 0. The van der Waals surface area contributed by atoms with Crippen molar-refractivity contribution in [2.45, 2.75) is 6.42 Å². The summed E-state index contributed by atoms with van der Waals surface area (Å²) >= 11 is 0. The van der Waals surface area contributed by atoms with E-state index in [0.29, 0.717) is 6.61 Å². The van der Waals surface area contributed by atoms with E-state index in [9.17, 15) is 4.91 Å². The molecular formula is C8H10ClNO2. The third-order valence-corrected chi connectivity index (χ3v) is 1.38. The molecule has 0 unspecified atom stereocenters. The average Bonchev–Trinajstić information content (AvgIpc) is 2.07. The molecule has 0 saturated carbocycles. The quantitative estimate of drug-likeness (QED) is 0.412. The van der Waals surface area contributed by atoms with Gasteiger partial charge in [-0.3, -0.25) is 0 Å². The van der Waals surface area contributed by atoms with Crippen LogP contribution in [-0.4, -0.2) is 6.61 Å². The van der Waals surface area contributed by atoms with Gasteiger partial charge in [0.25, 0.3) is 0 Å². The lowest BCUT2D eigenvalue weighted by molar-refractivity contribution is 0.143. The maximum Gasteiger partial charge on any atom is 0.155 e. The van der Waals surface area contributed by atoms with Gasteiger partial charge in [-0.1, -0.05) is 30.3 Å². The minimum absolute atomic E-state index is 0. The Balaban J connectivity index is 0.00000121. The van der Waals surface area contributed by atoms with Crippen LogP contribution in [0.4, 0.5) is 0 Å². The van der Waals surface area contributed by atoms with E-state index in [2.05, 4.69) is 10.2 Å². The first-order valence-electron chi connectivity index (χ1n) is 3.42. The van der Waals surface area contributed by atoms with Crippen LogP contribution >= 0.6 is 12.4 Å². The molecule has 0 aliphatic rings. The minimum atomic E-state index is 0. The van der Waals surface area contributed by atoms with E-state index in [4.69, 9.17) is 0 Å². The molecule has 0 heterocycles. The van der Waals surface area contributed by atoms with Gasteiger partial charge < -0.3 is 4.84 Å². The van der Waals surface area contributed by atoms with Crippen LogP contribution in [0.5, 0.6) is 0 Å². The van der Waals surface area contributed by atoms with E-state index >= 15 is 0 Å². The molecular weight excluding hydrogens is 178 g/mol. The molecule has 0 amide bonds. The van der Waals surface area contributed by atoms with Crippen LogP contribution in [0.1, 0.15) is 5.56 Å². The Kier molecular flexibility index (Phi) is 6.01. The molecule has 0 radical (unpaired) electrons. The van der Waals surface area contributed by atoms with Gasteiger partial charge in [-0.2, -0.15) is 0 Å². The standard InChI is InChI=1S/C8H9NO2.ClH/c10-9-11-7-6-8-4-2-1-3-5-8;/h1-5H,6-7H2;1H. The highest BCUT2D eigenvalue weighted by Gasteiger charge is 1.90. The minimum Gasteiger partial charge on any atom is -0.364 e. The van der Waals surface area contributed by atoms with Gasteiger partial charge >= 0.3 is 0 Å². The molecule has 0 aliphatic carbocycles. The second kappa shape index (κ2) is 6.61. The van der Waals surface area contributed by atoms with Crippen molar-refractivity contribution in [1.29, 1.82) is 0 Å². The van der Waals surface area contributed by atoms with Gasteiger partial charge in [0.15, 0.2) is 5.34 Å². The van der Waals surface area contributed by atoms with Gasteiger partial charge in [-0.05, 0) is 5.56 Å². The van der Waals surface area contributed by atoms with Crippen LogP contribution in [0.25, 0.3) is 0 Å². The summed E-state index contributed by atoms with van der Waals surface area (Å²) < 4.78 is 0. The Morgan fingerprint density at radius 2 is 1.92 bits per heavy atom. The summed E-state index contributed by atoms with van der Waals surface area (Å²) in [6, 6.07) is 9.80. The van der Waals surface area contributed by atoms with Crippen LogP contribution < -0.4 is 0 Å². The molecule has 0 saturated heterocycles. The van der Waals surface area contributed by atoms with Crippen molar-refractivity contribution in [3.8, 4) is 0 Å². The second-order valence-corrected chi connectivity index (χ2v) is 2.14. The Morgan fingerprint density at radius 3 is 2.50 bits per heavy atom. The molecule has 3 nitrogen and oxygen atoms in total. The van der Waals surface area contributed by atoms with E-state index in [1.165, 1.54) is 0 Å². The van der Waals surface area contributed by atoms with Crippen LogP contribution in [0.3, 0.4) is 0 Å². The number of benzene rings is 1. The molecule has 66 valence electrons. The predicted molar refractivity (Wildman–Crippen MR) is 49.1 cm³/mol. The van der Waals surface area contributed by atoms with Crippen LogP contribution in [0.2, 0.25) is 0 Å². The number of rotatable bonds is 4. The molecule has 0 aromatic heterocycles. The smallest absolute Gasteiger partial charge is 0.155 e. The van der Waals surface area contributed by atoms with Crippen molar-refractivity contribution in [3.63, 3.8) is 0 Å². The molecule has 12 heavy (non-hydrogen) atoms. The fourth-order valence-electron chi connectivity index (χ4n) is 0.845. The normalized spacial score (nSPS) is 8.33. The predicted octanol–water partition coefficient (Wildman–Crippen LogP) is 2.35. The Labute approximate surface area is 77.1 Å². The van der Waals surface area contributed by atoms with E-state index in [1.54, 1.807) is 0 Å². The Hall–Kier alpha value is -1.09. The van der Waals surface area contributed by atoms with Crippen LogP contribution in [0, 0.1) is 4.91 Å². The number of hydrogen-bond acceptors (Lipinski definition) is 3. The molecule has 1 aromatic carbocycles. The van der Waals surface area contributed by atoms with Crippen molar-refractivity contribution >= 4 is 12.4 Å². The zero-order valence-electron chi connectivity index (χ0n) is 6.47. The van der Waals surface area contributed by atoms with Crippen LogP contribution in [-0.2, 0) is 11.3 Å². The zero-order chi connectivity index (χ0) is 7.94. The summed E-state index contributed by atoms with van der Waals surface area (Å²) in [6.45, 7) is 0.355. The number of halogens is 1. The topological polar surface area (TPSA) is 38.7 Å². The van der Waals surface area contributed by atoms with Gasteiger partial charge in [-0.15, -0.1) is 17.3 Å². The fraction of sp³-hybridized carbons (Fsp3) is 0.250. The van der Waals surface area contributed by atoms with E-state index in [1.807, 2.05) is 30.3 Å². The third-order valence-electron chi connectivity index (χ3n) is 1.38. The zero-order valence-corrected chi connectivity index (χ0v) is 7.29. The maximum absolute atomic E-state index is 9.52. The highest BCUT2D eigenvalue weighted by Crippen LogP contribution is 1.99. The third kappa shape index (κ3) is 3.93. The molecule has 1 rings (SSSR count). The van der Waals surface area contributed by atoms with Crippen molar-refractivity contribution in [1.82, 2.24) is 0 Å². The van der Waals surface area contributed by atoms with Crippen molar-refractivity contribution in [3.05, 3.63) is 40.8 Å². The van der Waals surface area contributed by atoms with Gasteiger partial charge in [0.1, 0.15) is 6.61 Å². The summed E-state index contributed by atoms with van der Waals surface area (Å²) in [5.41, 5.74) is 1.15. The molecule has 0 spiro atoms. The monoisotopic (exact) mass is 187 g/mol. The lowest BCUT2D eigenvalue weighted by atomic mass is 10.2. The molecule has 1 aromatic rings. The molecule has 0 aliphatic heterocycles. The fourth-order valence-corrected chi connectivity index (χ4v) is 0.845. The van der Waals surface area contributed by atoms with Crippen molar-refractivity contribution < 1.29 is 4.84 Å². The van der Waals surface area contributed by atoms with Gasteiger partial charge in [-0.25, -0.2) is 0 Å². The van der Waals surface area contributed by atoms with Crippen LogP contribution in [0.15, 0.2) is 35.7 Å². The lowest BCUT2D eigenvalue weighted by Gasteiger charge is -1.96. The van der Waals surface area contributed by atoms with E-state index in [0.717, 1.165) is 12.0 Å². The van der Waals surface area contributed by atoms with Crippen molar-refractivity contribution in [2.75, 3.05) is 6.61 Å². The molecule has 0 bridgehead atoms. The first kappa shape index (κ1) is 10.9. The second-order valence-electron chi connectivity index (χ2n) is 2.14. The average molecular weight is 188 g/mol. The maximum atomic E-state index is 9.52. The highest BCUT2D eigenvalue weighted by atomic mass is 35.5. The van der Waals surface area contributed by atoms with E-state index < -0.39 is 0 Å². The van der Waals surface area contributed by atoms with Gasteiger partial charge in [0.05, 0.1) is 0 Å². The Bertz CT molecular complexity index is 216. The molecule has 0 fully saturated rings. The SMILES string of the molecule is Cl.O=NOCCc1ccccc1. The summed E-state index contributed by atoms with van der Waals surface area (Å²) in [5, 5.41) is 2.30. The van der Waals surface area contributed by atoms with Gasteiger partial charge in [0, 0.05) is 6.42 Å². The summed E-state index contributed by atoms with van der Waals surface area (Å²) in [4.78, 5) is 13.8.